The number of alkyl halides is 3. The van der Waals surface area contributed by atoms with E-state index in [2.05, 4.69) is 15.0 Å². The summed E-state index contributed by atoms with van der Waals surface area (Å²) in [7, 11) is -3.89. The van der Waals surface area contributed by atoms with Crippen LogP contribution in [0, 0.1) is 6.92 Å². The number of nitrogen functional groups attached to an aromatic ring is 1. The molecule has 0 saturated heterocycles. The zero-order valence-electron chi connectivity index (χ0n) is 16.8. The van der Waals surface area contributed by atoms with Crippen LogP contribution in [0.25, 0.3) is 0 Å². The van der Waals surface area contributed by atoms with Gasteiger partial charge in [0.25, 0.3) is 0 Å². The predicted octanol–water partition coefficient (Wildman–Crippen LogP) is 5.20. The van der Waals surface area contributed by atoms with Gasteiger partial charge in [-0.2, -0.15) is 18.3 Å². The molecule has 0 amide bonds. The summed E-state index contributed by atoms with van der Waals surface area (Å²) in [6.07, 6.45) is -4.45. The number of hydrogen-bond acceptors (Lipinski definition) is 6. The van der Waals surface area contributed by atoms with Gasteiger partial charge in [0.2, 0.25) is 10.0 Å². The van der Waals surface area contributed by atoms with E-state index in [4.69, 9.17) is 5.73 Å². The molecule has 0 heterocycles. The highest BCUT2D eigenvalue weighted by atomic mass is 32.2. The monoisotopic (exact) mass is 464 g/mol. The smallest absolute Gasteiger partial charge is 0.416 e. The third-order valence-corrected chi connectivity index (χ3v) is 5.93. The van der Waals surface area contributed by atoms with E-state index in [9.17, 15) is 26.7 Å². The molecule has 0 spiro atoms. The van der Waals surface area contributed by atoms with E-state index < -0.39 is 21.8 Å². The molecular formula is C21H19F3N4O3S. The molecule has 0 aliphatic rings. The highest BCUT2D eigenvalue weighted by Crippen LogP contribution is 2.31. The third kappa shape index (κ3) is 5.62. The molecule has 0 unspecified atom stereocenters. The molecule has 0 saturated carbocycles. The van der Waals surface area contributed by atoms with Gasteiger partial charge in [-0.1, -0.05) is 12.1 Å². The van der Waals surface area contributed by atoms with Gasteiger partial charge in [-0.15, -0.1) is 5.11 Å². The van der Waals surface area contributed by atoms with E-state index in [0.717, 1.165) is 12.1 Å². The Morgan fingerprint density at radius 2 is 1.62 bits per heavy atom. The lowest BCUT2D eigenvalue weighted by atomic mass is 10.1. The van der Waals surface area contributed by atoms with Crippen LogP contribution >= 0.6 is 0 Å². The number of nitrogens with two attached hydrogens (primary N) is 1. The number of benzene rings is 3. The maximum Gasteiger partial charge on any atom is 0.416 e. The highest BCUT2D eigenvalue weighted by molar-refractivity contribution is 7.89. The molecule has 0 aliphatic heterocycles. The Bertz CT molecular complexity index is 1240. The van der Waals surface area contributed by atoms with Gasteiger partial charge in [0.1, 0.15) is 11.4 Å². The van der Waals surface area contributed by atoms with Crippen LogP contribution in [-0.2, 0) is 22.7 Å². The fraction of sp³-hybridized carbons (Fsp3) is 0.143. The first-order valence-electron chi connectivity index (χ1n) is 9.22. The molecule has 3 aromatic carbocycles. The summed E-state index contributed by atoms with van der Waals surface area (Å²) in [5.74, 6) is 0.0415. The number of azo groups is 1. The SMILES string of the molecule is Cc1cc(N=Nc2ccc(S(=O)(=O)NCc3ccc(C(F)(F)F)cc3)cc2)c(N)cc1O. The van der Waals surface area contributed by atoms with Gasteiger partial charge in [-0.3, -0.25) is 0 Å². The van der Waals surface area contributed by atoms with E-state index in [1.54, 1.807) is 13.0 Å². The van der Waals surface area contributed by atoms with Crippen LogP contribution in [0.15, 0.2) is 75.8 Å². The molecule has 0 bridgehead atoms. The Labute approximate surface area is 182 Å². The topological polar surface area (TPSA) is 117 Å². The molecule has 0 aliphatic carbocycles. The van der Waals surface area contributed by atoms with E-state index in [1.165, 1.54) is 42.5 Å². The summed E-state index contributed by atoms with van der Waals surface area (Å²) in [5.41, 5.74) is 6.91. The molecule has 11 heteroatoms. The zero-order chi connectivity index (χ0) is 23.5. The van der Waals surface area contributed by atoms with E-state index in [1.807, 2.05) is 0 Å². The Balaban J connectivity index is 1.67. The maximum atomic E-state index is 12.6. The number of anilines is 1. The number of hydrogen-bond donors (Lipinski definition) is 3. The zero-order valence-corrected chi connectivity index (χ0v) is 17.6. The summed E-state index contributed by atoms with van der Waals surface area (Å²) in [6, 6.07) is 12.7. The largest absolute Gasteiger partial charge is 0.508 e. The molecule has 4 N–H and O–H groups in total. The number of nitrogens with zero attached hydrogens (tertiary/aromatic N) is 2. The second-order valence-electron chi connectivity index (χ2n) is 6.91. The number of phenols is 1. The molecule has 0 atom stereocenters. The highest BCUT2D eigenvalue weighted by Gasteiger charge is 2.29. The van der Waals surface area contributed by atoms with Crippen molar-refractivity contribution in [1.29, 1.82) is 0 Å². The first-order chi connectivity index (χ1) is 15.0. The van der Waals surface area contributed by atoms with Crippen molar-refractivity contribution >= 4 is 27.1 Å². The van der Waals surface area contributed by atoms with Crippen molar-refractivity contribution in [3.63, 3.8) is 0 Å². The van der Waals surface area contributed by atoms with Gasteiger partial charge in [-0.05, 0) is 60.5 Å². The molecule has 168 valence electrons. The van der Waals surface area contributed by atoms with Crippen molar-refractivity contribution in [1.82, 2.24) is 4.72 Å². The van der Waals surface area contributed by atoms with Gasteiger partial charge in [-0.25, -0.2) is 13.1 Å². The summed E-state index contributed by atoms with van der Waals surface area (Å²) in [4.78, 5) is -0.0386. The number of nitrogens with one attached hydrogen (secondary N) is 1. The lowest BCUT2D eigenvalue weighted by Gasteiger charge is -2.09. The fourth-order valence-corrected chi connectivity index (χ4v) is 3.68. The minimum Gasteiger partial charge on any atom is -0.508 e. The number of rotatable bonds is 6. The summed E-state index contributed by atoms with van der Waals surface area (Å²) >= 11 is 0. The Hall–Kier alpha value is -3.44. The molecule has 7 nitrogen and oxygen atoms in total. The summed E-state index contributed by atoms with van der Waals surface area (Å²) in [6.45, 7) is 1.52. The van der Waals surface area contributed by atoms with Crippen molar-refractivity contribution in [2.75, 3.05) is 5.73 Å². The van der Waals surface area contributed by atoms with Crippen molar-refractivity contribution in [3.05, 3.63) is 77.4 Å². The lowest BCUT2D eigenvalue weighted by Crippen LogP contribution is -2.23. The molecule has 0 fully saturated rings. The molecule has 3 rings (SSSR count). The van der Waals surface area contributed by atoms with Crippen molar-refractivity contribution in [3.8, 4) is 5.75 Å². The van der Waals surface area contributed by atoms with Crippen LogP contribution in [0.2, 0.25) is 0 Å². The van der Waals surface area contributed by atoms with Crippen LogP contribution in [0.1, 0.15) is 16.7 Å². The van der Waals surface area contributed by atoms with Gasteiger partial charge in [0, 0.05) is 12.6 Å². The number of sulfonamides is 1. The van der Waals surface area contributed by atoms with E-state index in [-0.39, 0.29) is 22.9 Å². The average Bonchev–Trinajstić information content (AvgIpc) is 2.74. The lowest BCUT2D eigenvalue weighted by molar-refractivity contribution is -0.137. The summed E-state index contributed by atoms with van der Waals surface area (Å²) in [5, 5.41) is 17.6. The fourth-order valence-electron chi connectivity index (χ4n) is 2.66. The minimum absolute atomic E-state index is 0.0386. The van der Waals surface area contributed by atoms with Crippen LogP contribution in [0.4, 0.5) is 30.2 Å². The first-order valence-corrected chi connectivity index (χ1v) is 10.7. The minimum atomic E-state index is -4.45. The van der Waals surface area contributed by atoms with Gasteiger partial charge in [0.15, 0.2) is 0 Å². The van der Waals surface area contributed by atoms with Gasteiger partial charge in [0.05, 0.1) is 21.8 Å². The first kappa shape index (κ1) is 23.2. The number of aromatic hydroxyl groups is 1. The number of phenolic OH excluding ortho intramolecular Hbond substituents is 1. The van der Waals surface area contributed by atoms with Crippen LogP contribution in [0.5, 0.6) is 5.75 Å². The van der Waals surface area contributed by atoms with Crippen molar-refractivity contribution in [2.45, 2.75) is 24.5 Å². The summed E-state index contributed by atoms with van der Waals surface area (Å²) < 4.78 is 65.1. The molecular weight excluding hydrogens is 445 g/mol. The van der Waals surface area contributed by atoms with E-state index >= 15 is 0 Å². The number of aryl methyl sites for hydroxylation is 1. The normalized spacial score (nSPS) is 12.4. The molecule has 0 radical (unpaired) electrons. The Kier molecular flexibility index (Phi) is 6.51. The van der Waals surface area contributed by atoms with Crippen LogP contribution < -0.4 is 10.5 Å². The predicted molar refractivity (Wildman–Crippen MR) is 113 cm³/mol. The Morgan fingerprint density at radius 1 is 1.00 bits per heavy atom. The molecule has 32 heavy (non-hydrogen) atoms. The average molecular weight is 464 g/mol. The van der Waals surface area contributed by atoms with Crippen molar-refractivity contribution < 1.29 is 26.7 Å². The van der Waals surface area contributed by atoms with E-state index in [0.29, 0.717) is 22.5 Å². The second kappa shape index (κ2) is 8.97. The third-order valence-electron chi connectivity index (χ3n) is 4.51. The molecule has 3 aromatic rings. The molecule has 0 aromatic heterocycles. The van der Waals surface area contributed by atoms with Crippen molar-refractivity contribution in [2.24, 2.45) is 10.2 Å². The van der Waals surface area contributed by atoms with Gasteiger partial charge >= 0.3 is 6.18 Å². The Morgan fingerprint density at radius 3 is 2.22 bits per heavy atom. The number of halogens is 3. The van der Waals surface area contributed by atoms with Crippen LogP contribution in [0.3, 0.4) is 0 Å². The maximum absolute atomic E-state index is 12.6. The quantitative estimate of drug-likeness (QED) is 0.343. The van der Waals surface area contributed by atoms with Gasteiger partial charge < -0.3 is 10.8 Å². The van der Waals surface area contributed by atoms with Crippen LogP contribution in [-0.4, -0.2) is 13.5 Å². The standard InChI is InChI=1S/C21H19F3N4O3S/c1-13-10-19(18(25)11-20(13)29)28-27-16-6-8-17(9-7-16)32(30,31)26-12-14-2-4-15(5-3-14)21(22,23)24/h2-11,26,29H,12,25H2,1H3. The second-order valence-corrected chi connectivity index (χ2v) is 8.68.